The van der Waals surface area contributed by atoms with Crippen molar-refractivity contribution in [3.63, 3.8) is 0 Å². The number of aromatic nitrogens is 2. The number of hydrogen-bond donors (Lipinski definition) is 2. The Balaban J connectivity index is 2.08. The second-order valence-electron chi connectivity index (χ2n) is 3.87. The number of carbonyl (C=O) groups is 1. The highest BCUT2D eigenvalue weighted by Crippen LogP contribution is 2.18. The van der Waals surface area contributed by atoms with Crippen LogP contribution in [0.4, 0.5) is 5.69 Å². The van der Waals surface area contributed by atoms with Gasteiger partial charge in [-0.15, -0.1) is 0 Å². The topological polar surface area (TPSA) is 72.9 Å². The van der Waals surface area contributed by atoms with Gasteiger partial charge in [0.1, 0.15) is 5.82 Å². The van der Waals surface area contributed by atoms with Crippen molar-refractivity contribution >= 4 is 27.5 Å². The van der Waals surface area contributed by atoms with Gasteiger partial charge in [-0.2, -0.15) is 0 Å². The second-order valence-corrected chi connectivity index (χ2v) is 4.78. The maximum atomic E-state index is 12.0. The van der Waals surface area contributed by atoms with E-state index in [1.54, 1.807) is 24.4 Å². The fraction of sp³-hybridized carbons (Fsp3) is 0.167. The molecule has 0 unspecified atom stereocenters. The fourth-order valence-electron chi connectivity index (χ4n) is 1.55. The molecule has 6 heteroatoms. The highest BCUT2D eigenvalue weighted by Gasteiger charge is 2.10. The first-order chi connectivity index (χ1) is 8.58. The van der Waals surface area contributed by atoms with Crippen molar-refractivity contribution in [1.82, 2.24) is 14.9 Å². The molecule has 94 valence electrons. The maximum absolute atomic E-state index is 12.0. The third-order valence-electron chi connectivity index (χ3n) is 2.59. The van der Waals surface area contributed by atoms with Gasteiger partial charge in [0.2, 0.25) is 0 Å². The van der Waals surface area contributed by atoms with Crippen molar-refractivity contribution in [3.05, 3.63) is 46.5 Å². The SMILES string of the molecule is Cn1ccnc1CNC(=O)c1cc(Br)ccc1N. The number of nitrogens with zero attached hydrogens (tertiary/aromatic N) is 2. The van der Waals surface area contributed by atoms with E-state index < -0.39 is 0 Å². The molecule has 0 aliphatic carbocycles. The average Bonchev–Trinajstić information content (AvgIpc) is 2.75. The minimum absolute atomic E-state index is 0.211. The number of rotatable bonds is 3. The molecule has 1 amide bonds. The van der Waals surface area contributed by atoms with E-state index in [9.17, 15) is 4.79 Å². The lowest BCUT2D eigenvalue weighted by molar-refractivity contribution is 0.0950. The Morgan fingerprint density at radius 1 is 1.56 bits per heavy atom. The Morgan fingerprint density at radius 2 is 2.33 bits per heavy atom. The Labute approximate surface area is 113 Å². The predicted octanol–water partition coefficient (Wildman–Crippen LogP) is 1.69. The third kappa shape index (κ3) is 2.70. The quantitative estimate of drug-likeness (QED) is 0.848. The molecule has 0 aliphatic heterocycles. The molecule has 1 aromatic carbocycles. The van der Waals surface area contributed by atoms with Crippen molar-refractivity contribution in [2.75, 3.05) is 5.73 Å². The van der Waals surface area contributed by atoms with Gasteiger partial charge in [-0.1, -0.05) is 15.9 Å². The molecular formula is C12H13BrN4O. The van der Waals surface area contributed by atoms with Crippen LogP contribution in [0.1, 0.15) is 16.2 Å². The summed E-state index contributed by atoms with van der Waals surface area (Å²) >= 11 is 3.31. The number of hydrogen-bond acceptors (Lipinski definition) is 3. The first-order valence-corrected chi connectivity index (χ1v) is 6.16. The third-order valence-corrected chi connectivity index (χ3v) is 3.08. The fourth-order valence-corrected chi connectivity index (χ4v) is 1.91. The number of nitrogens with two attached hydrogens (primary N) is 1. The summed E-state index contributed by atoms with van der Waals surface area (Å²) in [6, 6.07) is 5.19. The van der Waals surface area contributed by atoms with E-state index in [4.69, 9.17) is 5.73 Å². The van der Waals surface area contributed by atoms with Crippen LogP contribution in [-0.4, -0.2) is 15.5 Å². The average molecular weight is 309 g/mol. The van der Waals surface area contributed by atoms with Crippen LogP contribution in [0.2, 0.25) is 0 Å². The van der Waals surface area contributed by atoms with Crippen molar-refractivity contribution < 1.29 is 4.79 Å². The summed E-state index contributed by atoms with van der Waals surface area (Å²) in [7, 11) is 1.88. The van der Waals surface area contributed by atoms with E-state index in [0.717, 1.165) is 10.3 Å². The molecule has 1 aromatic heterocycles. The van der Waals surface area contributed by atoms with Crippen LogP contribution in [-0.2, 0) is 13.6 Å². The molecule has 0 atom stereocenters. The van der Waals surface area contributed by atoms with E-state index in [1.165, 1.54) is 0 Å². The summed E-state index contributed by atoms with van der Waals surface area (Å²) in [5.74, 6) is 0.578. The van der Waals surface area contributed by atoms with E-state index in [1.807, 2.05) is 17.8 Å². The summed E-state index contributed by atoms with van der Waals surface area (Å²) in [6.45, 7) is 0.369. The molecule has 0 spiro atoms. The number of anilines is 1. The van der Waals surface area contributed by atoms with Gasteiger partial charge >= 0.3 is 0 Å². The molecule has 0 aliphatic rings. The normalized spacial score (nSPS) is 10.3. The maximum Gasteiger partial charge on any atom is 0.253 e. The van der Waals surface area contributed by atoms with Crippen LogP contribution in [0.3, 0.4) is 0 Å². The standard InChI is InChI=1S/C12H13BrN4O/c1-17-5-4-15-11(17)7-16-12(18)9-6-8(13)2-3-10(9)14/h2-6H,7,14H2,1H3,(H,16,18). The highest BCUT2D eigenvalue weighted by atomic mass is 79.9. The summed E-state index contributed by atoms with van der Waals surface area (Å²) in [5.41, 5.74) is 6.68. The van der Waals surface area contributed by atoms with Crippen molar-refractivity contribution in [3.8, 4) is 0 Å². The van der Waals surface area contributed by atoms with Crippen LogP contribution in [0, 0.1) is 0 Å². The summed E-state index contributed by atoms with van der Waals surface area (Å²) in [4.78, 5) is 16.1. The van der Waals surface area contributed by atoms with Gasteiger partial charge in [0, 0.05) is 29.6 Å². The minimum atomic E-state index is -0.211. The zero-order chi connectivity index (χ0) is 13.1. The lowest BCUT2D eigenvalue weighted by atomic mass is 10.1. The number of aryl methyl sites for hydroxylation is 1. The largest absolute Gasteiger partial charge is 0.398 e. The Kier molecular flexibility index (Phi) is 3.66. The summed E-state index contributed by atoms with van der Waals surface area (Å²) in [6.07, 6.45) is 3.52. The monoisotopic (exact) mass is 308 g/mol. The molecule has 0 radical (unpaired) electrons. The van der Waals surface area contributed by atoms with Crippen LogP contribution >= 0.6 is 15.9 Å². The van der Waals surface area contributed by atoms with Gasteiger partial charge in [0.15, 0.2) is 0 Å². The molecule has 0 bridgehead atoms. The van der Waals surface area contributed by atoms with Crippen LogP contribution < -0.4 is 11.1 Å². The van der Waals surface area contributed by atoms with E-state index in [2.05, 4.69) is 26.2 Å². The number of carbonyl (C=O) groups excluding carboxylic acids is 1. The lowest BCUT2D eigenvalue weighted by Gasteiger charge is -2.08. The number of imidazole rings is 1. The zero-order valence-electron chi connectivity index (χ0n) is 9.85. The predicted molar refractivity (Wildman–Crippen MR) is 72.9 cm³/mol. The summed E-state index contributed by atoms with van der Waals surface area (Å²) < 4.78 is 2.67. The number of halogens is 1. The first kappa shape index (κ1) is 12.6. The minimum Gasteiger partial charge on any atom is -0.398 e. The smallest absolute Gasteiger partial charge is 0.253 e. The van der Waals surface area contributed by atoms with E-state index in [0.29, 0.717) is 17.8 Å². The Hall–Kier alpha value is -1.82. The van der Waals surface area contributed by atoms with Crippen molar-refractivity contribution in [2.45, 2.75) is 6.54 Å². The second kappa shape index (κ2) is 5.22. The Morgan fingerprint density at radius 3 is 3.00 bits per heavy atom. The van der Waals surface area contributed by atoms with Crippen LogP contribution in [0.25, 0.3) is 0 Å². The molecule has 18 heavy (non-hydrogen) atoms. The highest BCUT2D eigenvalue weighted by molar-refractivity contribution is 9.10. The number of nitrogens with one attached hydrogen (secondary N) is 1. The molecule has 2 aromatic rings. The molecule has 5 nitrogen and oxygen atoms in total. The van der Waals surface area contributed by atoms with Gasteiger partial charge in [0.05, 0.1) is 12.1 Å². The van der Waals surface area contributed by atoms with Crippen LogP contribution in [0.15, 0.2) is 35.1 Å². The molecule has 1 heterocycles. The molecule has 0 fully saturated rings. The first-order valence-electron chi connectivity index (χ1n) is 5.37. The number of amides is 1. The van der Waals surface area contributed by atoms with Gasteiger partial charge in [-0.05, 0) is 18.2 Å². The van der Waals surface area contributed by atoms with Gasteiger partial charge in [-0.25, -0.2) is 4.98 Å². The van der Waals surface area contributed by atoms with E-state index >= 15 is 0 Å². The Bertz CT molecular complexity index is 579. The number of benzene rings is 1. The number of nitrogen functional groups attached to an aromatic ring is 1. The van der Waals surface area contributed by atoms with Gasteiger partial charge in [0.25, 0.3) is 5.91 Å². The molecule has 2 rings (SSSR count). The van der Waals surface area contributed by atoms with E-state index in [-0.39, 0.29) is 5.91 Å². The molecule has 3 N–H and O–H groups in total. The molecule has 0 saturated carbocycles. The zero-order valence-corrected chi connectivity index (χ0v) is 11.4. The van der Waals surface area contributed by atoms with Gasteiger partial charge in [-0.3, -0.25) is 4.79 Å². The summed E-state index contributed by atoms with van der Waals surface area (Å²) in [5, 5.41) is 2.79. The van der Waals surface area contributed by atoms with Crippen molar-refractivity contribution in [1.29, 1.82) is 0 Å². The van der Waals surface area contributed by atoms with Crippen molar-refractivity contribution in [2.24, 2.45) is 7.05 Å². The molecule has 0 saturated heterocycles. The molecular weight excluding hydrogens is 296 g/mol. The van der Waals surface area contributed by atoms with Gasteiger partial charge < -0.3 is 15.6 Å². The lowest BCUT2D eigenvalue weighted by Crippen LogP contribution is -2.25. The van der Waals surface area contributed by atoms with Crippen LogP contribution in [0.5, 0.6) is 0 Å².